The summed E-state index contributed by atoms with van der Waals surface area (Å²) in [7, 11) is 0. The van der Waals surface area contributed by atoms with Gasteiger partial charge in [-0.25, -0.2) is 4.39 Å². The van der Waals surface area contributed by atoms with E-state index in [1.165, 1.54) is 23.0 Å². The van der Waals surface area contributed by atoms with E-state index in [1.54, 1.807) is 16.7 Å². The molecule has 5 heteroatoms. The van der Waals surface area contributed by atoms with Crippen LogP contribution in [0, 0.1) is 38.9 Å². The fourth-order valence-electron chi connectivity index (χ4n) is 3.20. The third-order valence-corrected chi connectivity index (χ3v) is 5.33. The van der Waals surface area contributed by atoms with E-state index < -0.39 is 0 Å². The summed E-state index contributed by atoms with van der Waals surface area (Å²) in [5.41, 5.74) is 4.69. The normalized spacial score (nSPS) is 11.7. The topological polar surface area (TPSA) is 34.4 Å². The molecule has 0 aliphatic carbocycles. The highest BCUT2D eigenvalue weighted by Crippen LogP contribution is 2.21. The average molecular weight is 366 g/mol. The maximum absolute atomic E-state index is 14.2. The van der Waals surface area contributed by atoms with Gasteiger partial charge in [0, 0.05) is 0 Å². The molecule has 1 aromatic heterocycles. The molecule has 2 aromatic carbocycles. The van der Waals surface area contributed by atoms with E-state index in [0.29, 0.717) is 10.3 Å². The lowest BCUT2D eigenvalue weighted by Gasteiger charge is -2.09. The lowest BCUT2D eigenvalue weighted by molar-refractivity contribution is -0.117. The minimum Gasteiger partial charge on any atom is -0.302 e. The fraction of sp³-hybridized carbons (Fsp3) is 0.238. The molecule has 3 aromatic rings. The number of aromatic nitrogens is 1. The number of hydrogen-bond donors (Lipinski definition) is 0. The van der Waals surface area contributed by atoms with Crippen molar-refractivity contribution in [3.8, 4) is 12.3 Å². The van der Waals surface area contributed by atoms with Crippen LogP contribution in [0.15, 0.2) is 35.3 Å². The molecule has 0 saturated carbocycles. The van der Waals surface area contributed by atoms with Crippen LogP contribution in [0.5, 0.6) is 0 Å². The lowest BCUT2D eigenvalue weighted by atomic mass is 9.97. The van der Waals surface area contributed by atoms with Gasteiger partial charge in [0.25, 0.3) is 5.91 Å². The zero-order valence-electron chi connectivity index (χ0n) is 15.0. The van der Waals surface area contributed by atoms with Gasteiger partial charge in [-0.15, -0.1) is 6.42 Å². The first-order valence-electron chi connectivity index (χ1n) is 8.26. The molecule has 0 atom stereocenters. The second-order valence-electron chi connectivity index (χ2n) is 6.32. The van der Waals surface area contributed by atoms with Crippen LogP contribution < -0.4 is 4.80 Å². The number of benzene rings is 2. The molecule has 0 saturated heterocycles. The van der Waals surface area contributed by atoms with Gasteiger partial charge in [-0.2, -0.15) is 4.99 Å². The van der Waals surface area contributed by atoms with Gasteiger partial charge < -0.3 is 4.57 Å². The number of rotatable bonds is 3. The first-order valence-corrected chi connectivity index (χ1v) is 9.08. The number of thiazole rings is 1. The van der Waals surface area contributed by atoms with E-state index in [-0.39, 0.29) is 24.7 Å². The van der Waals surface area contributed by atoms with Gasteiger partial charge in [0.15, 0.2) is 4.80 Å². The SMILES string of the molecule is C#CCn1c(=NC(=O)Cc2c(C)cc(C)cc2C)sc2cccc(F)c21. The van der Waals surface area contributed by atoms with Crippen LogP contribution in [-0.2, 0) is 17.8 Å². The van der Waals surface area contributed by atoms with E-state index >= 15 is 0 Å². The van der Waals surface area contributed by atoms with Gasteiger partial charge in [0.2, 0.25) is 0 Å². The number of aryl methyl sites for hydroxylation is 3. The van der Waals surface area contributed by atoms with Crippen molar-refractivity contribution in [2.75, 3.05) is 0 Å². The van der Waals surface area contributed by atoms with Crippen LogP contribution in [0.2, 0.25) is 0 Å². The van der Waals surface area contributed by atoms with Gasteiger partial charge in [0.1, 0.15) is 5.82 Å². The Bertz CT molecular complexity index is 1090. The second-order valence-corrected chi connectivity index (χ2v) is 7.33. The van der Waals surface area contributed by atoms with Crippen molar-refractivity contribution >= 4 is 27.5 Å². The smallest absolute Gasteiger partial charge is 0.252 e. The number of fused-ring (bicyclic) bond motifs is 1. The first-order chi connectivity index (χ1) is 12.4. The zero-order valence-corrected chi connectivity index (χ0v) is 15.8. The van der Waals surface area contributed by atoms with Crippen molar-refractivity contribution in [1.82, 2.24) is 4.57 Å². The number of nitrogens with zero attached hydrogens (tertiary/aromatic N) is 2. The molecule has 0 radical (unpaired) electrons. The van der Waals surface area contributed by atoms with E-state index in [9.17, 15) is 9.18 Å². The Balaban J connectivity index is 2.05. The molecule has 0 bridgehead atoms. The second kappa shape index (κ2) is 7.27. The summed E-state index contributed by atoms with van der Waals surface area (Å²) in [4.78, 5) is 17.2. The van der Waals surface area contributed by atoms with Crippen LogP contribution in [0.3, 0.4) is 0 Å². The quantitative estimate of drug-likeness (QED) is 0.644. The largest absolute Gasteiger partial charge is 0.302 e. The van der Waals surface area contributed by atoms with Crippen molar-refractivity contribution in [3.63, 3.8) is 0 Å². The summed E-state index contributed by atoms with van der Waals surface area (Å²) in [5.74, 6) is 1.88. The highest BCUT2D eigenvalue weighted by Gasteiger charge is 2.13. The first kappa shape index (κ1) is 18.1. The summed E-state index contributed by atoms with van der Waals surface area (Å²) in [6.45, 7) is 6.19. The molecule has 0 N–H and O–H groups in total. The maximum Gasteiger partial charge on any atom is 0.252 e. The van der Waals surface area contributed by atoms with Crippen LogP contribution in [-0.4, -0.2) is 10.5 Å². The summed E-state index contributed by atoms with van der Waals surface area (Å²) in [6.07, 6.45) is 5.64. The number of halogens is 1. The average Bonchev–Trinajstić information content (AvgIpc) is 2.90. The van der Waals surface area contributed by atoms with Crippen molar-refractivity contribution in [2.45, 2.75) is 33.7 Å². The van der Waals surface area contributed by atoms with Gasteiger partial charge in [0.05, 0.1) is 23.2 Å². The van der Waals surface area contributed by atoms with Crippen LogP contribution in [0.4, 0.5) is 4.39 Å². The Morgan fingerprint density at radius 2 is 1.96 bits per heavy atom. The monoisotopic (exact) mass is 366 g/mol. The predicted octanol–water partition coefficient (Wildman–Crippen LogP) is 4.07. The molecule has 0 aliphatic heterocycles. The maximum atomic E-state index is 14.2. The van der Waals surface area contributed by atoms with Gasteiger partial charge in [-0.3, -0.25) is 4.79 Å². The molecule has 0 fully saturated rings. The number of amides is 1. The highest BCUT2D eigenvalue weighted by molar-refractivity contribution is 7.16. The van der Waals surface area contributed by atoms with Crippen LogP contribution in [0.1, 0.15) is 22.3 Å². The van der Waals surface area contributed by atoms with E-state index in [0.717, 1.165) is 21.4 Å². The molecule has 3 nitrogen and oxygen atoms in total. The fourth-order valence-corrected chi connectivity index (χ4v) is 4.26. The molecule has 0 aliphatic rings. The Kier molecular flexibility index (Phi) is 5.06. The summed E-state index contributed by atoms with van der Waals surface area (Å²) >= 11 is 1.27. The molecule has 3 rings (SSSR count). The third kappa shape index (κ3) is 3.47. The summed E-state index contributed by atoms with van der Waals surface area (Å²) < 4.78 is 16.5. The number of carbonyl (C=O) groups is 1. The molecular weight excluding hydrogens is 347 g/mol. The molecule has 0 spiro atoms. The Hall–Kier alpha value is -2.71. The van der Waals surface area contributed by atoms with Crippen molar-refractivity contribution < 1.29 is 9.18 Å². The minimum atomic E-state index is -0.367. The van der Waals surface area contributed by atoms with Crippen molar-refractivity contribution in [1.29, 1.82) is 0 Å². The number of carbonyl (C=O) groups excluding carboxylic acids is 1. The predicted molar refractivity (Wildman–Crippen MR) is 104 cm³/mol. The Morgan fingerprint density at radius 1 is 1.27 bits per heavy atom. The number of para-hydroxylation sites is 1. The van der Waals surface area contributed by atoms with E-state index in [4.69, 9.17) is 6.42 Å². The molecule has 1 heterocycles. The van der Waals surface area contributed by atoms with E-state index in [1.807, 2.05) is 20.8 Å². The highest BCUT2D eigenvalue weighted by atomic mass is 32.1. The molecule has 0 unspecified atom stereocenters. The molecule has 1 amide bonds. The zero-order chi connectivity index (χ0) is 18.8. The summed E-state index contributed by atoms with van der Waals surface area (Å²) in [6, 6.07) is 8.94. The van der Waals surface area contributed by atoms with Crippen molar-refractivity contribution in [2.24, 2.45) is 4.99 Å². The van der Waals surface area contributed by atoms with Gasteiger partial charge in [-0.05, 0) is 49.6 Å². The van der Waals surface area contributed by atoms with Crippen molar-refractivity contribution in [3.05, 3.63) is 63.2 Å². The number of terminal acetylenes is 1. The Labute approximate surface area is 155 Å². The van der Waals surface area contributed by atoms with Gasteiger partial charge in [-0.1, -0.05) is 41.0 Å². The van der Waals surface area contributed by atoms with Crippen LogP contribution >= 0.6 is 11.3 Å². The Morgan fingerprint density at radius 3 is 2.62 bits per heavy atom. The van der Waals surface area contributed by atoms with Crippen LogP contribution in [0.25, 0.3) is 10.2 Å². The molecule has 132 valence electrons. The summed E-state index contributed by atoms with van der Waals surface area (Å²) in [5, 5.41) is 0. The van der Waals surface area contributed by atoms with E-state index in [2.05, 4.69) is 23.0 Å². The lowest BCUT2D eigenvalue weighted by Crippen LogP contribution is -2.18. The standard InChI is InChI=1S/C21H19FN2OS/c1-5-9-24-20-17(22)7-6-8-18(20)26-21(24)23-19(25)12-16-14(3)10-13(2)11-15(16)4/h1,6-8,10-11H,9,12H2,2-4H3. The van der Waals surface area contributed by atoms with Gasteiger partial charge >= 0.3 is 0 Å². The molecule has 26 heavy (non-hydrogen) atoms. The molecular formula is C21H19FN2OS. The third-order valence-electron chi connectivity index (χ3n) is 4.29. The minimum absolute atomic E-state index is 0.162. The number of hydrogen-bond acceptors (Lipinski definition) is 2.